The van der Waals surface area contributed by atoms with E-state index in [2.05, 4.69) is 67.5 Å². The SMILES string of the molecule is Nc1ncc(-c2ccccn2)cc1C(=O)N[C@H]1CCC[C@@H]1OCc1ccc(-c2ccc3c(c2)CC[C@@H]3N2CCN(CCO)CC2)cc1. The molecule has 9 heteroatoms. The van der Waals surface area contributed by atoms with Crippen molar-refractivity contribution in [3.63, 3.8) is 0 Å². The highest BCUT2D eigenvalue weighted by molar-refractivity contribution is 5.99. The Kier molecular flexibility index (Phi) is 9.58. The third kappa shape index (κ3) is 7.09. The van der Waals surface area contributed by atoms with Crippen molar-refractivity contribution in [2.45, 2.75) is 56.9 Å². The van der Waals surface area contributed by atoms with E-state index in [1.165, 1.54) is 28.7 Å². The van der Waals surface area contributed by atoms with Gasteiger partial charge >= 0.3 is 0 Å². The summed E-state index contributed by atoms with van der Waals surface area (Å²) in [6.45, 7) is 5.71. The molecule has 4 aromatic rings. The molecule has 2 fully saturated rings. The smallest absolute Gasteiger partial charge is 0.255 e. The Balaban J connectivity index is 0.940. The summed E-state index contributed by atoms with van der Waals surface area (Å²) in [6.07, 6.45) is 8.36. The van der Waals surface area contributed by atoms with Crippen LogP contribution >= 0.6 is 0 Å². The van der Waals surface area contributed by atoms with Gasteiger partial charge in [0.2, 0.25) is 0 Å². The predicted molar refractivity (Wildman–Crippen MR) is 184 cm³/mol. The first kappa shape index (κ1) is 31.4. The molecule has 47 heavy (non-hydrogen) atoms. The maximum absolute atomic E-state index is 13.3. The molecule has 0 radical (unpaired) electrons. The summed E-state index contributed by atoms with van der Waals surface area (Å²) in [5, 5.41) is 12.4. The highest BCUT2D eigenvalue weighted by atomic mass is 16.5. The normalized spacial score (nSPS) is 21.5. The Morgan fingerprint density at radius 2 is 1.77 bits per heavy atom. The number of aliphatic hydroxyl groups excluding tert-OH is 1. The van der Waals surface area contributed by atoms with Crippen molar-refractivity contribution >= 4 is 11.7 Å². The first-order valence-electron chi connectivity index (χ1n) is 16.9. The first-order chi connectivity index (χ1) is 23.1. The third-order valence-corrected chi connectivity index (χ3v) is 10.1. The molecule has 1 saturated heterocycles. The molecule has 244 valence electrons. The van der Waals surface area contributed by atoms with Crippen LogP contribution in [0.1, 0.15) is 58.8 Å². The largest absolute Gasteiger partial charge is 0.395 e. The van der Waals surface area contributed by atoms with Crippen LogP contribution in [0.25, 0.3) is 22.4 Å². The number of benzene rings is 2. The Morgan fingerprint density at radius 1 is 0.936 bits per heavy atom. The Labute approximate surface area is 276 Å². The minimum absolute atomic E-state index is 0.0610. The number of pyridine rings is 2. The van der Waals surface area contributed by atoms with Gasteiger partial charge in [0.25, 0.3) is 5.91 Å². The third-order valence-electron chi connectivity index (χ3n) is 10.1. The minimum atomic E-state index is -0.237. The van der Waals surface area contributed by atoms with E-state index in [4.69, 9.17) is 10.5 Å². The number of hydrogen-bond acceptors (Lipinski definition) is 8. The molecule has 2 aromatic carbocycles. The molecule has 1 aliphatic heterocycles. The molecule has 0 bridgehead atoms. The molecule has 2 aromatic heterocycles. The number of aryl methyl sites for hydroxylation is 1. The quantitative estimate of drug-likeness (QED) is 0.227. The predicted octanol–water partition coefficient (Wildman–Crippen LogP) is 4.86. The summed E-state index contributed by atoms with van der Waals surface area (Å²) in [5.41, 5.74) is 14.5. The number of carbonyl (C=O) groups excluding carboxylic acids is 1. The lowest BCUT2D eigenvalue weighted by atomic mass is 9.98. The molecule has 0 spiro atoms. The molecule has 3 heterocycles. The number of piperazine rings is 1. The number of ether oxygens (including phenoxy) is 1. The zero-order valence-corrected chi connectivity index (χ0v) is 26.9. The van der Waals surface area contributed by atoms with E-state index in [9.17, 15) is 9.90 Å². The molecule has 7 rings (SSSR count). The van der Waals surface area contributed by atoms with Crippen molar-refractivity contribution in [3.8, 4) is 22.4 Å². The molecule has 3 atom stereocenters. The van der Waals surface area contributed by atoms with Gasteiger partial charge in [-0.05, 0) is 78.1 Å². The number of amides is 1. The van der Waals surface area contributed by atoms with Gasteiger partial charge in [0, 0.05) is 56.7 Å². The molecule has 0 unspecified atom stereocenters. The Morgan fingerprint density at radius 3 is 2.55 bits per heavy atom. The molecule has 3 aliphatic rings. The van der Waals surface area contributed by atoms with Crippen LogP contribution in [0.2, 0.25) is 0 Å². The van der Waals surface area contributed by atoms with Gasteiger partial charge in [-0.1, -0.05) is 48.5 Å². The van der Waals surface area contributed by atoms with Crippen LogP contribution in [0.3, 0.4) is 0 Å². The van der Waals surface area contributed by atoms with Gasteiger partial charge in [0.15, 0.2) is 0 Å². The molecular formula is C38H44N6O3. The number of anilines is 1. The van der Waals surface area contributed by atoms with Gasteiger partial charge in [0.1, 0.15) is 5.82 Å². The number of nitrogens with one attached hydrogen (secondary N) is 1. The van der Waals surface area contributed by atoms with Crippen molar-refractivity contribution in [2.24, 2.45) is 0 Å². The van der Waals surface area contributed by atoms with Gasteiger partial charge in [0.05, 0.1) is 36.6 Å². The zero-order chi connectivity index (χ0) is 32.2. The summed E-state index contributed by atoms with van der Waals surface area (Å²) in [6, 6.07) is 23.5. The van der Waals surface area contributed by atoms with Crippen molar-refractivity contribution in [1.29, 1.82) is 0 Å². The first-order valence-corrected chi connectivity index (χ1v) is 16.9. The van der Waals surface area contributed by atoms with Gasteiger partial charge in [-0.3, -0.25) is 19.6 Å². The molecule has 9 nitrogen and oxygen atoms in total. The van der Waals surface area contributed by atoms with Crippen LogP contribution < -0.4 is 11.1 Å². The van der Waals surface area contributed by atoms with Crippen LogP contribution in [-0.4, -0.2) is 82.3 Å². The van der Waals surface area contributed by atoms with Crippen LogP contribution in [0.15, 0.2) is 79.1 Å². The Hall–Kier alpha value is -4.15. The monoisotopic (exact) mass is 632 g/mol. The average molecular weight is 633 g/mol. The van der Waals surface area contributed by atoms with Crippen molar-refractivity contribution in [3.05, 3.63) is 101 Å². The highest BCUT2D eigenvalue weighted by Gasteiger charge is 2.31. The lowest BCUT2D eigenvalue weighted by Crippen LogP contribution is -2.47. The van der Waals surface area contributed by atoms with Crippen LogP contribution in [-0.2, 0) is 17.8 Å². The number of nitrogens with two attached hydrogens (primary N) is 1. The summed E-state index contributed by atoms with van der Waals surface area (Å²) in [7, 11) is 0. The molecule has 1 amide bonds. The topological polar surface area (TPSA) is 117 Å². The lowest BCUT2D eigenvalue weighted by Gasteiger charge is -2.38. The van der Waals surface area contributed by atoms with Crippen LogP contribution in [0, 0.1) is 0 Å². The van der Waals surface area contributed by atoms with E-state index in [1.54, 1.807) is 18.5 Å². The maximum atomic E-state index is 13.3. The number of hydrogen-bond donors (Lipinski definition) is 3. The van der Waals surface area contributed by atoms with Crippen molar-refractivity contribution < 1.29 is 14.6 Å². The fraction of sp³-hybridized carbons (Fsp3) is 0.395. The summed E-state index contributed by atoms with van der Waals surface area (Å²) in [4.78, 5) is 26.9. The summed E-state index contributed by atoms with van der Waals surface area (Å²) in [5.74, 6) is -0.0341. The van der Waals surface area contributed by atoms with Crippen molar-refractivity contribution in [1.82, 2.24) is 25.1 Å². The fourth-order valence-electron chi connectivity index (χ4n) is 7.46. The summed E-state index contributed by atoms with van der Waals surface area (Å²) < 4.78 is 6.37. The maximum Gasteiger partial charge on any atom is 0.255 e. The number of aliphatic hydroxyl groups is 1. The van der Waals surface area contributed by atoms with E-state index in [1.807, 2.05) is 18.2 Å². The fourth-order valence-corrected chi connectivity index (χ4v) is 7.46. The van der Waals surface area contributed by atoms with Gasteiger partial charge in [-0.15, -0.1) is 0 Å². The molecular weight excluding hydrogens is 588 g/mol. The second kappa shape index (κ2) is 14.3. The van der Waals surface area contributed by atoms with E-state index < -0.39 is 0 Å². The number of fused-ring (bicyclic) bond motifs is 1. The number of aromatic nitrogens is 2. The Bertz CT molecular complexity index is 1670. The number of rotatable bonds is 10. The number of nitrogen functional groups attached to an aromatic ring is 1. The van der Waals surface area contributed by atoms with E-state index in [0.717, 1.165) is 75.2 Å². The number of carbonyl (C=O) groups is 1. The van der Waals surface area contributed by atoms with Crippen LogP contribution in [0.4, 0.5) is 5.82 Å². The van der Waals surface area contributed by atoms with E-state index >= 15 is 0 Å². The second-order valence-electron chi connectivity index (χ2n) is 13.0. The number of nitrogens with zero attached hydrogens (tertiary/aromatic N) is 4. The highest BCUT2D eigenvalue weighted by Crippen LogP contribution is 2.38. The van der Waals surface area contributed by atoms with E-state index in [-0.39, 0.29) is 30.5 Å². The second-order valence-corrected chi connectivity index (χ2v) is 13.0. The lowest BCUT2D eigenvalue weighted by molar-refractivity contribution is 0.0272. The molecule has 1 saturated carbocycles. The minimum Gasteiger partial charge on any atom is -0.395 e. The zero-order valence-electron chi connectivity index (χ0n) is 26.9. The van der Waals surface area contributed by atoms with Gasteiger partial charge in [-0.25, -0.2) is 4.98 Å². The summed E-state index contributed by atoms with van der Waals surface area (Å²) >= 11 is 0. The number of β-amino-alcohol motifs (C(OH)–C–C–N with tert-alkyl or cyclic N) is 1. The molecule has 2 aliphatic carbocycles. The van der Waals surface area contributed by atoms with Gasteiger partial charge < -0.3 is 20.9 Å². The van der Waals surface area contributed by atoms with Gasteiger partial charge in [-0.2, -0.15) is 0 Å². The molecule has 4 N–H and O–H groups in total. The van der Waals surface area contributed by atoms with Crippen LogP contribution in [0.5, 0.6) is 0 Å². The average Bonchev–Trinajstić information content (AvgIpc) is 3.75. The van der Waals surface area contributed by atoms with E-state index in [0.29, 0.717) is 18.2 Å². The van der Waals surface area contributed by atoms with Crippen molar-refractivity contribution in [2.75, 3.05) is 45.1 Å². The standard InChI is InChI=1S/C38H44N6O3/c39-37-32(23-30(24-41-37)33-4-1-2-15-40-33)38(46)42-34-5-3-6-36(34)47-25-26-7-9-27(10-8-26)28-11-13-31-29(22-28)12-14-35(31)44-18-16-43(17-19-44)20-21-45/h1-2,4,7-11,13,15,22-24,34-36,45H,3,5-6,12,14,16-21,25H2,(H2,39,41)(H,42,46)/t34-,35-,36-/m0/s1.